The van der Waals surface area contributed by atoms with Crippen molar-refractivity contribution in [2.45, 2.75) is 51.1 Å². The molecule has 0 saturated heterocycles. The molecule has 1 atom stereocenters. The summed E-state index contributed by atoms with van der Waals surface area (Å²) in [4.78, 5) is 22.0. The van der Waals surface area contributed by atoms with Gasteiger partial charge < -0.3 is 10.4 Å². The standard InChI is InChI=1S/C13H19N3O3/c1-9(17)14-12(13(18)19)8-10-6-7-16(15-10)11-4-2-3-5-11/h6-7,11-12H,2-5,8H2,1H3,(H,14,17)(H,18,19). The van der Waals surface area contributed by atoms with E-state index >= 15 is 0 Å². The van der Waals surface area contributed by atoms with E-state index in [2.05, 4.69) is 10.4 Å². The summed E-state index contributed by atoms with van der Waals surface area (Å²) >= 11 is 0. The van der Waals surface area contributed by atoms with Crippen LogP contribution in [-0.4, -0.2) is 32.8 Å². The van der Waals surface area contributed by atoms with Crippen LogP contribution in [0.1, 0.15) is 44.3 Å². The summed E-state index contributed by atoms with van der Waals surface area (Å²) in [6, 6.07) is 1.36. The molecule has 19 heavy (non-hydrogen) atoms. The Bertz CT molecular complexity index is 463. The lowest BCUT2D eigenvalue weighted by molar-refractivity contribution is -0.141. The Labute approximate surface area is 111 Å². The first-order chi connectivity index (χ1) is 9.06. The largest absolute Gasteiger partial charge is 0.480 e. The summed E-state index contributed by atoms with van der Waals surface area (Å²) in [6.45, 7) is 1.31. The van der Waals surface area contributed by atoms with Crippen LogP contribution in [0, 0.1) is 0 Å². The molecule has 1 aliphatic carbocycles. The fourth-order valence-corrected chi connectivity index (χ4v) is 2.51. The molecule has 104 valence electrons. The second-order valence-corrected chi connectivity index (χ2v) is 5.02. The lowest BCUT2D eigenvalue weighted by Crippen LogP contribution is -2.41. The number of aliphatic carboxylic acids is 1. The summed E-state index contributed by atoms with van der Waals surface area (Å²) in [6.07, 6.45) is 6.84. The monoisotopic (exact) mass is 265 g/mol. The molecule has 1 heterocycles. The van der Waals surface area contributed by atoms with Gasteiger partial charge in [0.1, 0.15) is 6.04 Å². The highest BCUT2D eigenvalue weighted by Gasteiger charge is 2.22. The Kier molecular flexibility index (Phi) is 4.19. The topological polar surface area (TPSA) is 84.2 Å². The van der Waals surface area contributed by atoms with Crippen molar-refractivity contribution in [2.75, 3.05) is 0 Å². The number of carboxylic acids is 1. The molecule has 1 fully saturated rings. The Morgan fingerprint density at radius 2 is 2.21 bits per heavy atom. The second-order valence-electron chi connectivity index (χ2n) is 5.02. The molecular formula is C13H19N3O3. The average molecular weight is 265 g/mol. The van der Waals surface area contributed by atoms with Crippen LogP contribution in [0.2, 0.25) is 0 Å². The molecule has 1 aromatic heterocycles. The number of carbonyl (C=O) groups is 2. The third-order valence-corrected chi connectivity index (χ3v) is 3.45. The number of hydrogen-bond acceptors (Lipinski definition) is 3. The number of carboxylic acid groups (broad SMARTS) is 1. The molecule has 0 spiro atoms. The van der Waals surface area contributed by atoms with Crippen molar-refractivity contribution >= 4 is 11.9 Å². The molecule has 0 aliphatic heterocycles. The summed E-state index contributed by atoms with van der Waals surface area (Å²) in [5.74, 6) is -1.38. The first-order valence-electron chi connectivity index (χ1n) is 6.60. The predicted octanol–water partition coefficient (Wildman–Crippen LogP) is 1.13. The van der Waals surface area contributed by atoms with Gasteiger partial charge in [0.05, 0.1) is 11.7 Å². The van der Waals surface area contributed by atoms with Crippen LogP contribution in [0.5, 0.6) is 0 Å². The third kappa shape index (κ3) is 3.56. The zero-order valence-electron chi connectivity index (χ0n) is 11.0. The summed E-state index contributed by atoms with van der Waals surface area (Å²) < 4.78 is 1.93. The van der Waals surface area contributed by atoms with Crippen molar-refractivity contribution in [2.24, 2.45) is 0 Å². The van der Waals surface area contributed by atoms with E-state index in [9.17, 15) is 9.59 Å². The van der Waals surface area contributed by atoms with Gasteiger partial charge in [-0.25, -0.2) is 4.79 Å². The van der Waals surface area contributed by atoms with E-state index in [4.69, 9.17) is 5.11 Å². The number of hydrogen-bond donors (Lipinski definition) is 2. The van der Waals surface area contributed by atoms with E-state index in [-0.39, 0.29) is 12.3 Å². The minimum Gasteiger partial charge on any atom is -0.480 e. The fraction of sp³-hybridized carbons (Fsp3) is 0.615. The number of carbonyl (C=O) groups excluding carboxylic acids is 1. The fourth-order valence-electron chi connectivity index (χ4n) is 2.51. The smallest absolute Gasteiger partial charge is 0.326 e. The highest BCUT2D eigenvalue weighted by Crippen LogP contribution is 2.28. The number of amides is 1. The van der Waals surface area contributed by atoms with E-state index in [0.717, 1.165) is 12.8 Å². The van der Waals surface area contributed by atoms with Crippen LogP contribution in [0.25, 0.3) is 0 Å². The van der Waals surface area contributed by atoms with Gasteiger partial charge in [-0.3, -0.25) is 9.48 Å². The zero-order valence-corrected chi connectivity index (χ0v) is 11.0. The molecule has 1 amide bonds. The highest BCUT2D eigenvalue weighted by molar-refractivity contribution is 5.82. The van der Waals surface area contributed by atoms with Crippen molar-refractivity contribution < 1.29 is 14.7 Å². The van der Waals surface area contributed by atoms with E-state index in [1.54, 1.807) is 0 Å². The van der Waals surface area contributed by atoms with Crippen LogP contribution >= 0.6 is 0 Å². The molecule has 0 aromatic carbocycles. The maximum atomic E-state index is 11.1. The predicted molar refractivity (Wildman–Crippen MR) is 68.7 cm³/mol. The van der Waals surface area contributed by atoms with Crippen molar-refractivity contribution in [1.29, 1.82) is 0 Å². The number of aromatic nitrogens is 2. The number of nitrogens with one attached hydrogen (secondary N) is 1. The van der Waals surface area contributed by atoms with Gasteiger partial charge in [-0.15, -0.1) is 0 Å². The van der Waals surface area contributed by atoms with Gasteiger partial charge >= 0.3 is 5.97 Å². The van der Waals surface area contributed by atoms with Gasteiger partial charge in [-0.05, 0) is 18.9 Å². The molecule has 1 aromatic rings. The minimum atomic E-state index is -1.04. The summed E-state index contributed by atoms with van der Waals surface area (Å²) in [7, 11) is 0. The van der Waals surface area contributed by atoms with Gasteiger partial charge in [0.25, 0.3) is 0 Å². The van der Waals surface area contributed by atoms with Crippen LogP contribution in [0.3, 0.4) is 0 Å². The molecule has 2 N–H and O–H groups in total. The van der Waals surface area contributed by atoms with Gasteiger partial charge in [-0.1, -0.05) is 12.8 Å². The summed E-state index contributed by atoms with van der Waals surface area (Å²) in [5, 5.41) is 15.9. The Hall–Kier alpha value is -1.85. The molecule has 6 nitrogen and oxygen atoms in total. The molecule has 6 heteroatoms. The van der Waals surface area contributed by atoms with Crippen LogP contribution in [-0.2, 0) is 16.0 Å². The molecule has 1 aliphatic rings. The van der Waals surface area contributed by atoms with E-state index in [1.807, 2.05) is 16.9 Å². The molecule has 0 radical (unpaired) electrons. The van der Waals surface area contributed by atoms with Crippen molar-refractivity contribution in [3.8, 4) is 0 Å². The lowest BCUT2D eigenvalue weighted by atomic mass is 10.1. The zero-order chi connectivity index (χ0) is 13.8. The van der Waals surface area contributed by atoms with Crippen LogP contribution < -0.4 is 5.32 Å². The van der Waals surface area contributed by atoms with Crippen molar-refractivity contribution in [3.63, 3.8) is 0 Å². The van der Waals surface area contributed by atoms with E-state index in [0.29, 0.717) is 11.7 Å². The normalized spacial score (nSPS) is 17.3. The van der Waals surface area contributed by atoms with Gasteiger partial charge in [0.2, 0.25) is 5.91 Å². The van der Waals surface area contributed by atoms with Crippen molar-refractivity contribution in [3.05, 3.63) is 18.0 Å². The van der Waals surface area contributed by atoms with Crippen molar-refractivity contribution in [1.82, 2.24) is 15.1 Å². The first kappa shape index (κ1) is 13.6. The van der Waals surface area contributed by atoms with E-state index in [1.165, 1.54) is 19.8 Å². The Morgan fingerprint density at radius 3 is 2.79 bits per heavy atom. The number of nitrogens with zero attached hydrogens (tertiary/aromatic N) is 2. The third-order valence-electron chi connectivity index (χ3n) is 3.45. The summed E-state index contributed by atoms with van der Waals surface area (Å²) in [5.41, 5.74) is 0.702. The van der Waals surface area contributed by atoms with Gasteiger partial charge in [0, 0.05) is 19.5 Å². The second kappa shape index (κ2) is 5.86. The van der Waals surface area contributed by atoms with E-state index < -0.39 is 12.0 Å². The molecular weight excluding hydrogens is 246 g/mol. The SMILES string of the molecule is CC(=O)NC(Cc1ccn(C2CCCC2)n1)C(=O)O. The average Bonchev–Trinajstić information content (AvgIpc) is 2.97. The van der Waals surface area contributed by atoms with Crippen LogP contribution in [0.15, 0.2) is 12.3 Å². The Balaban J connectivity index is 2.01. The Morgan fingerprint density at radius 1 is 1.53 bits per heavy atom. The first-order valence-corrected chi connectivity index (χ1v) is 6.60. The minimum absolute atomic E-state index is 0.217. The maximum absolute atomic E-state index is 11.1. The molecule has 0 bridgehead atoms. The maximum Gasteiger partial charge on any atom is 0.326 e. The number of rotatable bonds is 5. The van der Waals surface area contributed by atoms with Crippen LogP contribution in [0.4, 0.5) is 0 Å². The quantitative estimate of drug-likeness (QED) is 0.836. The van der Waals surface area contributed by atoms with Gasteiger partial charge in [0.15, 0.2) is 0 Å². The highest BCUT2D eigenvalue weighted by atomic mass is 16.4. The van der Waals surface area contributed by atoms with Gasteiger partial charge in [-0.2, -0.15) is 5.10 Å². The lowest BCUT2D eigenvalue weighted by Gasteiger charge is -2.12. The molecule has 2 rings (SSSR count). The molecule has 1 unspecified atom stereocenters. The molecule has 1 saturated carbocycles.